The van der Waals surface area contributed by atoms with Gasteiger partial charge in [-0.1, -0.05) is 40.2 Å². The highest BCUT2D eigenvalue weighted by Gasteiger charge is 2.11. The molecule has 1 unspecified atom stereocenters. The average molecular weight is 309 g/mol. The van der Waals surface area contributed by atoms with E-state index >= 15 is 0 Å². The van der Waals surface area contributed by atoms with Crippen molar-refractivity contribution in [3.05, 3.63) is 69.9 Å². The van der Waals surface area contributed by atoms with Gasteiger partial charge in [-0.2, -0.15) is 0 Å². The van der Waals surface area contributed by atoms with Crippen molar-refractivity contribution in [1.29, 1.82) is 0 Å². The van der Waals surface area contributed by atoms with E-state index in [9.17, 15) is 4.39 Å². The van der Waals surface area contributed by atoms with Gasteiger partial charge in [0.1, 0.15) is 5.82 Å². The number of nitrogens with two attached hydrogens (primary N) is 1. The summed E-state index contributed by atoms with van der Waals surface area (Å²) in [5, 5.41) is 0. The van der Waals surface area contributed by atoms with E-state index < -0.39 is 0 Å². The topological polar surface area (TPSA) is 38.0 Å². The number of hydrogen-bond acceptors (Lipinski definition) is 2. The van der Waals surface area contributed by atoms with Gasteiger partial charge in [0, 0.05) is 4.47 Å². The van der Waals surface area contributed by atoms with Crippen LogP contribution in [0.3, 0.4) is 0 Å². The van der Waals surface area contributed by atoms with Crippen molar-refractivity contribution in [2.75, 3.05) is 0 Å². The first kappa shape index (κ1) is 13.2. The Balaban J connectivity index is 2.19. The molecule has 2 aromatic carbocycles. The second-order valence-corrected chi connectivity index (χ2v) is 5.02. The highest BCUT2D eigenvalue weighted by atomic mass is 79.9. The molecule has 94 valence electrons. The van der Waals surface area contributed by atoms with Gasteiger partial charge >= 0.3 is 0 Å². The third-order valence-corrected chi connectivity index (χ3v) is 3.27. The Morgan fingerprint density at radius 1 is 1.17 bits per heavy atom. The molecule has 0 saturated heterocycles. The van der Waals surface area contributed by atoms with E-state index in [4.69, 9.17) is 5.84 Å². The molecule has 2 nitrogen and oxygen atoms in total. The predicted molar refractivity (Wildman–Crippen MR) is 74.3 cm³/mol. The summed E-state index contributed by atoms with van der Waals surface area (Å²) in [6.07, 6.45) is 0.708. The first-order valence-electron chi connectivity index (χ1n) is 5.65. The van der Waals surface area contributed by atoms with Crippen molar-refractivity contribution in [3.63, 3.8) is 0 Å². The molecule has 0 heterocycles. The van der Waals surface area contributed by atoms with Gasteiger partial charge in [-0.05, 0) is 41.8 Å². The summed E-state index contributed by atoms with van der Waals surface area (Å²) >= 11 is 3.43. The molecule has 2 aromatic rings. The normalized spacial score (nSPS) is 12.4. The van der Waals surface area contributed by atoms with Gasteiger partial charge in [-0.25, -0.2) is 4.39 Å². The van der Waals surface area contributed by atoms with Crippen LogP contribution in [0.15, 0.2) is 53.0 Å². The van der Waals surface area contributed by atoms with E-state index in [0.717, 1.165) is 15.6 Å². The molecule has 0 amide bonds. The number of hydrazine groups is 1. The van der Waals surface area contributed by atoms with Crippen LogP contribution >= 0.6 is 15.9 Å². The van der Waals surface area contributed by atoms with E-state index in [-0.39, 0.29) is 11.9 Å². The first-order valence-corrected chi connectivity index (χ1v) is 6.44. The zero-order valence-corrected chi connectivity index (χ0v) is 11.3. The van der Waals surface area contributed by atoms with E-state index in [2.05, 4.69) is 21.4 Å². The second-order valence-electron chi connectivity index (χ2n) is 4.11. The van der Waals surface area contributed by atoms with E-state index in [0.29, 0.717) is 6.42 Å². The minimum Gasteiger partial charge on any atom is -0.271 e. The Kier molecular flexibility index (Phi) is 4.47. The lowest BCUT2D eigenvalue weighted by atomic mass is 9.99. The minimum atomic E-state index is -0.248. The molecule has 0 aliphatic rings. The minimum absolute atomic E-state index is 0.102. The summed E-state index contributed by atoms with van der Waals surface area (Å²) in [5.41, 5.74) is 4.71. The summed E-state index contributed by atoms with van der Waals surface area (Å²) < 4.78 is 14.2. The summed E-state index contributed by atoms with van der Waals surface area (Å²) in [6, 6.07) is 14.4. The smallest absolute Gasteiger partial charge is 0.123 e. The SMILES string of the molecule is NNC(Cc1cccc(Br)c1)c1cccc(F)c1. The zero-order valence-electron chi connectivity index (χ0n) is 9.74. The summed E-state index contributed by atoms with van der Waals surface area (Å²) in [4.78, 5) is 0. The number of halogens is 2. The largest absolute Gasteiger partial charge is 0.271 e. The molecule has 4 heteroatoms. The zero-order chi connectivity index (χ0) is 13.0. The fourth-order valence-electron chi connectivity index (χ4n) is 1.90. The molecule has 0 fully saturated rings. The lowest BCUT2D eigenvalue weighted by molar-refractivity contribution is 0.544. The molecule has 0 aromatic heterocycles. The first-order chi connectivity index (χ1) is 8.69. The Hall–Kier alpha value is -1.23. The van der Waals surface area contributed by atoms with Gasteiger partial charge in [0.2, 0.25) is 0 Å². The van der Waals surface area contributed by atoms with Crippen molar-refractivity contribution >= 4 is 15.9 Å². The van der Waals surface area contributed by atoms with Crippen LogP contribution in [0.25, 0.3) is 0 Å². The number of nitrogens with one attached hydrogen (secondary N) is 1. The number of benzene rings is 2. The summed E-state index contributed by atoms with van der Waals surface area (Å²) in [7, 11) is 0. The van der Waals surface area contributed by atoms with Crippen molar-refractivity contribution in [2.24, 2.45) is 5.84 Å². The van der Waals surface area contributed by atoms with Crippen LogP contribution < -0.4 is 11.3 Å². The summed E-state index contributed by atoms with van der Waals surface area (Å²) in [6.45, 7) is 0. The summed E-state index contributed by atoms with van der Waals surface area (Å²) in [5.74, 6) is 5.31. The third kappa shape index (κ3) is 3.38. The average Bonchev–Trinajstić information content (AvgIpc) is 2.36. The standard InChI is InChI=1S/C14H14BrFN2/c15-12-5-1-3-10(7-12)8-14(18-17)11-4-2-6-13(16)9-11/h1-7,9,14,18H,8,17H2. The molecule has 0 saturated carbocycles. The van der Waals surface area contributed by atoms with E-state index in [1.54, 1.807) is 6.07 Å². The maximum absolute atomic E-state index is 13.2. The van der Waals surface area contributed by atoms with Gasteiger partial charge in [0.05, 0.1) is 6.04 Å². The van der Waals surface area contributed by atoms with Crippen molar-refractivity contribution < 1.29 is 4.39 Å². The molecule has 0 radical (unpaired) electrons. The Labute approximate surface area is 114 Å². The fraction of sp³-hybridized carbons (Fsp3) is 0.143. The number of hydrogen-bond donors (Lipinski definition) is 2. The second kappa shape index (κ2) is 6.09. The molecule has 0 aliphatic carbocycles. The lowest BCUT2D eigenvalue weighted by Crippen LogP contribution is -2.29. The molecule has 1 atom stereocenters. The van der Waals surface area contributed by atoms with Crippen LogP contribution in [0.5, 0.6) is 0 Å². The molecule has 0 bridgehead atoms. The van der Waals surface area contributed by atoms with Crippen LogP contribution in [-0.4, -0.2) is 0 Å². The Bertz CT molecular complexity index is 531. The van der Waals surface area contributed by atoms with Crippen LogP contribution in [0.1, 0.15) is 17.2 Å². The van der Waals surface area contributed by atoms with Gasteiger partial charge in [-0.15, -0.1) is 0 Å². The van der Waals surface area contributed by atoms with Crippen molar-refractivity contribution in [1.82, 2.24) is 5.43 Å². The monoisotopic (exact) mass is 308 g/mol. The Morgan fingerprint density at radius 2 is 1.94 bits per heavy atom. The highest BCUT2D eigenvalue weighted by molar-refractivity contribution is 9.10. The molecule has 3 N–H and O–H groups in total. The third-order valence-electron chi connectivity index (χ3n) is 2.78. The molecule has 18 heavy (non-hydrogen) atoms. The van der Waals surface area contributed by atoms with Crippen LogP contribution in [0.4, 0.5) is 4.39 Å². The van der Waals surface area contributed by atoms with E-state index in [1.165, 1.54) is 12.1 Å². The van der Waals surface area contributed by atoms with Crippen LogP contribution in [-0.2, 0) is 6.42 Å². The maximum atomic E-state index is 13.2. The molecular weight excluding hydrogens is 295 g/mol. The number of rotatable bonds is 4. The van der Waals surface area contributed by atoms with Gasteiger partial charge < -0.3 is 0 Å². The van der Waals surface area contributed by atoms with Gasteiger partial charge in [0.25, 0.3) is 0 Å². The van der Waals surface area contributed by atoms with E-state index in [1.807, 2.05) is 30.3 Å². The maximum Gasteiger partial charge on any atom is 0.123 e. The molecular formula is C14H14BrFN2. The highest BCUT2D eigenvalue weighted by Crippen LogP contribution is 2.20. The lowest BCUT2D eigenvalue weighted by Gasteiger charge is -2.16. The molecule has 0 aliphatic heterocycles. The Morgan fingerprint density at radius 3 is 2.61 bits per heavy atom. The van der Waals surface area contributed by atoms with Crippen LogP contribution in [0.2, 0.25) is 0 Å². The van der Waals surface area contributed by atoms with Gasteiger partial charge in [0.15, 0.2) is 0 Å². The predicted octanol–water partition coefficient (Wildman–Crippen LogP) is 3.34. The van der Waals surface area contributed by atoms with Crippen LogP contribution in [0, 0.1) is 5.82 Å². The van der Waals surface area contributed by atoms with Crippen molar-refractivity contribution in [3.8, 4) is 0 Å². The van der Waals surface area contributed by atoms with Crippen molar-refractivity contribution in [2.45, 2.75) is 12.5 Å². The molecule has 0 spiro atoms. The molecule has 2 rings (SSSR count). The fourth-order valence-corrected chi connectivity index (χ4v) is 2.34. The quantitative estimate of drug-likeness (QED) is 0.671. The van der Waals surface area contributed by atoms with Gasteiger partial charge in [-0.3, -0.25) is 11.3 Å².